The van der Waals surface area contributed by atoms with Gasteiger partial charge in [-0.15, -0.1) is 12.4 Å². The number of hydrogen-bond acceptors (Lipinski definition) is 5. The highest BCUT2D eigenvalue weighted by atomic mass is 35.5. The number of benzene rings is 1. The number of carbonyl (C=O) groups excluding carboxylic acids is 2. The Hall–Kier alpha value is -1.99. The largest absolute Gasteiger partial charge is 0.497 e. The molecule has 0 spiro atoms. The van der Waals surface area contributed by atoms with Gasteiger partial charge in [0.15, 0.2) is 0 Å². The van der Waals surface area contributed by atoms with E-state index in [2.05, 4.69) is 5.32 Å². The number of halogens is 1. The van der Waals surface area contributed by atoms with Crippen LogP contribution in [0, 0.1) is 5.92 Å². The molecule has 1 aromatic rings. The van der Waals surface area contributed by atoms with Crippen LogP contribution in [0.1, 0.15) is 36.0 Å². The minimum absolute atomic E-state index is 0. The quantitative estimate of drug-likeness (QED) is 0.783. The summed E-state index contributed by atoms with van der Waals surface area (Å²) in [6, 6.07) is 5.43. The lowest BCUT2D eigenvalue weighted by Crippen LogP contribution is -2.46. The molecule has 2 heterocycles. The third kappa shape index (κ3) is 5.14. The first-order valence-electron chi connectivity index (χ1n) is 10.3. The van der Waals surface area contributed by atoms with E-state index in [0.717, 1.165) is 51.9 Å². The van der Waals surface area contributed by atoms with Crippen molar-refractivity contribution in [2.24, 2.45) is 5.92 Å². The molecule has 0 aromatic heterocycles. The van der Waals surface area contributed by atoms with Gasteiger partial charge in [-0.05, 0) is 31.0 Å². The van der Waals surface area contributed by atoms with Crippen molar-refractivity contribution >= 4 is 24.2 Å². The number of ether oxygens (including phenoxy) is 2. The van der Waals surface area contributed by atoms with E-state index >= 15 is 0 Å². The maximum Gasteiger partial charge on any atom is 0.257 e. The van der Waals surface area contributed by atoms with Crippen LogP contribution in [0.4, 0.5) is 0 Å². The number of likely N-dealkylation sites (tertiary alicyclic amines) is 1. The molecule has 3 fully saturated rings. The predicted octanol–water partition coefficient (Wildman–Crippen LogP) is 1.94. The number of hydrogen-bond donors (Lipinski definition) is 1. The number of nitrogens with one attached hydrogen (secondary N) is 1. The Morgan fingerprint density at radius 1 is 1.00 bits per heavy atom. The lowest BCUT2D eigenvalue weighted by Gasteiger charge is -2.33. The molecule has 160 valence electrons. The fourth-order valence-electron chi connectivity index (χ4n) is 3.91. The molecule has 4 rings (SSSR count). The van der Waals surface area contributed by atoms with Gasteiger partial charge < -0.3 is 24.6 Å². The number of piperidine rings is 1. The second-order valence-electron chi connectivity index (χ2n) is 7.82. The number of amides is 2. The summed E-state index contributed by atoms with van der Waals surface area (Å²) in [5, 5.41) is 3.27. The third-order valence-electron chi connectivity index (χ3n) is 5.80. The molecule has 0 unspecified atom stereocenters. The highest BCUT2D eigenvalue weighted by molar-refractivity contribution is 5.97. The molecular formula is C21H30ClN3O4. The molecule has 0 bridgehead atoms. The minimum atomic E-state index is -0.0169. The number of piperazine rings is 1. The molecule has 1 saturated carbocycles. The fourth-order valence-corrected chi connectivity index (χ4v) is 3.91. The smallest absolute Gasteiger partial charge is 0.257 e. The van der Waals surface area contributed by atoms with Crippen LogP contribution in [0.2, 0.25) is 0 Å². The Kier molecular flexibility index (Phi) is 7.24. The second-order valence-corrected chi connectivity index (χ2v) is 7.82. The van der Waals surface area contributed by atoms with Gasteiger partial charge in [-0.1, -0.05) is 0 Å². The van der Waals surface area contributed by atoms with Gasteiger partial charge >= 0.3 is 0 Å². The lowest BCUT2D eigenvalue weighted by molar-refractivity contribution is -0.134. The van der Waals surface area contributed by atoms with Crippen molar-refractivity contribution in [1.29, 1.82) is 0 Å². The fraction of sp³-hybridized carbons (Fsp3) is 0.619. The highest BCUT2D eigenvalue weighted by Crippen LogP contribution is 2.33. The molecule has 2 saturated heterocycles. The average Bonchev–Trinajstić information content (AvgIpc) is 3.60. The highest BCUT2D eigenvalue weighted by Gasteiger charge is 2.35. The predicted molar refractivity (Wildman–Crippen MR) is 112 cm³/mol. The van der Waals surface area contributed by atoms with E-state index in [1.807, 2.05) is 21.9 Å². The maximum absolute atomic E-state index is 13.1. The van der Waals surface area contributed by atoms with Crippen molar-refractivity contribution in [3.8, 4) is 11.5 Å². The molecule has 7 nitrogen and oxygen atoms in total. The topological polar surface area (TPSA) is 71.1 Å². The van der Waals surface area contributed by atoms with Crippen LogP contribution in [0.25, 0.3) is 0 Å². The number of rotatable bonds is 5. The van der Waals surface area contributed by atoms with E-state index < -0.39 is 0 Å². The Bertz CT molecular complexity index is 727. The molecule has 1 N–H and O–H groups in total. The molecule has 3 aliphatic rings. The summed E-state index contributed by atoms with van der Waals surface area (Å²) in [6.45, 7) is 4.46. The molecule has 1 aromatic carbocycles. The Balaban J connectivity index is 0.00000240. The van der Waals surface area contributed by atoms with Crippen molar-refractivity contribution in [3.05, 3.63) is 23.8 Å². The summed E-state index contributed by atoms with van der Waals surface area (Å²) < 4.78 is 11.6. The molecular weight excluding hydrogens is 394 g/mol. The van der Waals surface area contributed by atoms with E-state index in [-0.39, 0.29) is 30.3 Å². The summed E-state index contributed by atoms with van der Waals surface area (Å²) in [4.78, 5) is 29.1. The Morgan fingerprint density at radius 2 is 1.69 bits per heavy atom. The number of nitrogens with zero attached hydrogens (tertiary/aromatic N) is 2. The minimum Gasteiger partial charge on any atom is -0.497 e. The second kappa shape index (κ2) is 9.67. The van der Waals surface area contributed by atoms with Gasteiger partial charge in [-0.2, -0.15) is 0 Å². The molecule has 0 radical (unpaired) electrons. The standard InChI is InChI=1S/C21H29N3O4.ClH/c1-27-17-4-5-19(18(14-17)21(26)24-12-8-22-9-13-24)28-16-6-10-23(11-7-16)20(25)15-2-3-15;/h4-5,14-16,22H,2-3,6-13H2,1H3;1H. The lowest BCUT2D eigenvalue weighted by atomic mass is 10.1. The van der Waals surface area contributed by atoms with Gasteiger partial charge in [0.25, 0.3) is 5.91 Å². The van der Waals surface area contributed by atoms with Crippen LogP contribution in [0.3, 0.4) is 0 Å². The van der Waals surface area contributed by atoms with E-state index in [9.17, 15) is 9.59 Å². The van der Waals surface area contributed by atoms with Crippen LogP contribution in [0.5, 0.6) is 11.5 Å². The number of carbonyl (C=O) groups is 2. The molecule has 0 atom stereocenters. The molecule has 2 amide bonds. The first-order valence-corrected chi connectivity index (χ1v) is 10.3. The summed E-state index contributed by atoms with van der Waals surface area (Å²) in [5.74, 6) is 1.81. The Labute approximate surface area is 178 Å². The molecule has 2 aliphatic heterocycles. The van der Waals surface area contributed by atoms with Gasteiger partial charge in [0.2, 0.25) is 5.91 Å². The van der Waals surface area contributed by atoms with Crippen LogP contribution in [-0.4, -0.2) is 74.1 Å². The maximum atomic E-state index is 13.1. The van der Waals surface area contributed by atoms with Gasteiger partial charge in [-0.3, -0.25) is 9.59 Å². The van der Waals surface area contributed by atoms with E-state index in [1.165, 1.54) is 0 Å². The first kappa shape index (κ1) is 21.7. The van der Waals surface area contributed by atoms with E-state index in [1.54, 1.807) is 13.2 Å². The van der Waals surface area contributed by atoms with Crippen molar-refractivity contribution < 1.29 is 19.1 Å². The monoisotopic (exact) mass is 423 g/mol. The Morgan fingerprint density at radius 3 is 2.31 bits per heavy atom. The third-order valence-corrected chi connectivity index (χ3v) is 5.80. The van der Waals surface area contributed by atoms with Crippen LogP contribution >= 0.6 is 12.4 Å². The zero-order chi connectivity index (χ0) is 19.5. The summed E-state index contributed by atoms with van der Waals surface area (Å²) in [5.41, 5.74) is 0.553. The number of methoxy groups -OCH3 is 1. The van der Waals surface area contributed by atoms with Gasteiger partial charge in [0.05, 0.1) is 12.7 Å². The van der Waals surface area contributed by atoms with E-state index in [0.29, 0.717) is 36.1 Å². The van der Waals surface area contributed by atoms with Crippen molar-refractivity contribution in [2.45, 2.75) is 31.8 Å². The normalized spacial score (nSPS) is 20.0. The van der Waals surface area contributed by atoms with E-state index in [4.69, 9.17) is 9.47 Å². The summed E-state index contributed by atoms with van der Waals surface area (Å²) >= 11 is 0. The molecule has 29 heavy (non-hydrogen) atoms. The van der Waals surface area contributed by atoms with Crippen LogP contribution < -0.4 is 14.8 Å². The SMILES string of the molecule is COc1ccc(OC2CCN(C(=O)C3CC3)CC2)c(C(=O)N2CCNCC2)c1.Cl. The molecule has 1 aliphatic carbocycles. The van der Waals surface area contributed by atoms with Crippen LogP contribution in [0.15, 0.2) is 18.2 Å². The van der Waals surface area contributed by atoms with Gasteiger partial charge in [0.1, 0.15) is 17.6 Å². The zero-order valence-electron chi connectivity index (χ0n) is 16.9. The summed E-state index contributed by atoms with van der Waals surface area (Å²) in [7, 11) is 1.60. The van der Waals surface area contributed by atoms with Gasteiger partial charge in [-0.25, -0.2) is 0 Å². The van der Waals surface area contributed by atoms with Crippen LogP contribution in [-0.2, 0) is 4.79 Å². The molecule has 8 heteroatoms. The zero-order valence-corrected chi connectivity index (χ0v) is 17.7. The summed E-state index contributed by atoms with van der Waals surface area (Å²) in [6.07, 6.45) is 3.69. The van der Waals surface area contributed by atoms with Crippen molar-refractivity contribution in [1.82, 2.24) is 15.1 Å². The van der Waals surface area contributed by atoms with Crippen molar-refractivity contribution in [3.63, 3.8) is 0 Å². The van der Waals surface area contributed by atoms with Gasteiger partial charge in [0, 0.05) is 58.0 Å². The van der Waals surface area contributed by atoms with Crippen molar-refractivity contribution in [2.75, 3.05) is 46.4 Å². The first-order chi connectivity index (χ1) is 13.7. The average molecular weight is 424 g/mol.